The number of nitrogens with one attached hydrogen (secondary N) is 1. The summed E-state index contributed by atoms with van der Waals surface area (Å²) in [5.41, 5.74) is 0.903. The van der Waals surface area contributed by atoms with Crippen LogP contribution in [0, 0.1) is 12.8 Å². The molecule has 5 nitrogen and oxygen atoms in total. The Labute approximate surface area is 124 Å². The lowest BCUT2D eigenvalue weighted by Crippen LogP contribution is -2.19. The Balaban J connectivity index is 2.12. The van der Waals surface area contributed by atoms with Crippen LogP contribution in [-0.4, -0.2) is 25.6 Å². The first-order valence-corrected chi connectivity index (χ1v) is 7.49. The molecular formula is C14H22ClN5. The molecule has 2 aromatic rings. The molecule has 1 N–H and O–H groups in total. The molecular weight excluding hydrogens is 274 g/mol. The second-order valence-electron chi connectivity index (χ2n) is 5.72. The van der Waals surface area contributed by atoms with E-state index in [-0.39, 0.29) is 0 Å². The number of nitrogens with zero attached hydrogens (tertiary/aromatic N) is 4. The van der Waals surface area contributed by atoms with Gasteiger partial charge in [0.25, 0.3) is 5.78 Å². The van der Waals surface area contributed by atoms with Gasteiger partial charge in [0.1, 0.15) is 17.3 Å². The summed E-state index contributed by atoms with van der Waals surface area (Å²) in [4.78, 5) is 8.29. The standard InChI is InChI=1S/C14H22ClN5/c1-9(2)6-5-7-10(3)18-13-11(4)12(15)19-14-16-8-17-20(13)14/h8-10,18H,5-7H2,1-4H3. The molecule has 0 aliphatic carbocycles. The molecule has 1 unspecified atom stereocenters. The predicted molar refractivity (Wildman–Crippen MR) is 82.3 cm³/mol. The van der Waals surface area contributed by atoms with E-state index in [1.54, 1.807) is 4.52 Å². The van der Waals surface area contributed by atoms with Gasteiger partial charge in [-0.05, 0) is 26.2 Å². The van der Waals surface area contributed by atoms with Gasteiger partial charge in [-0.25, -0.2) is 0 Å². The molecule has 0 fully saturated rings. The molecule has 1 atom stereocenters. The largest absolute Gasteiger partial charge is 0.367 e. The minimum atomic E-state index is 0.360. The molecule has 0 spiro atoms. The van der Waals surface area contributed by atoms with Crippen LogP contribution in [0.2, 0.25) is 5.15 Å². The highest BCUT2D eigenvalue weighted by Crippen LogP contribution is 2.23. The zero-order valence-electron chi connectivity index (χ0n) is 12.5. The van der Waals surface area contributed by atoms with E-state index in [9.17, 15) is 0 Å². The number of rotatable bonds is 6. The summed E-state index contributed by atoms with van der Waals surface area (Å²) >= 11 is 6.15. The molecule has 0 radical (unpaired) electrons. The molecule has 0 aliphatic rings. The van der Waals surface area contributed by atoms with Crippen LogP contribution in [0.5, 0.6) is 0 Å². The van der Waals surface area contributed by atoms with E-state index >= 15 is 0 Å². The van der Waals surface area contributed by atoms with Crippen LogP contribution in [0.15, 0.2) is 6.33 Å². The molecule has 0 aromatic carbocycles. The van der Waals surface area contributed by atoms with Crippen LogP contribution in [0.25, 0.3) is 5.78 Å². The Morgan fingerprint density at radius 2 is 2.05 bits per heavy atom. The fourth-order valence-electron chi connectivity index (χ4n) is 2.20. The fourth-order valence-corrected chi connectivity index (χ4v) is 2.37. The van der Waals surface area contributed by atoms with Gasteiger partial charge in [0, 0.05) is 11.6 Å². The van der Waals surface area contributed by atoms with E-state index in [0.717, 1.165) is 23.7 Å². The number of hydrogen-bond acceptors (Lipinski definition) is 4. The van der Waals surface area contributed by atoms with Crippen LogP contribution in [0.3, 0.4) is 0 Å². The summed E-state index contributed by atoms with van der Waals surface area (Å²) in [5.74, 6) is 2.16. The van der Waals surface area contributed by atoms with E-state index in [1.807, 2.05) is 6.92 Å². The average Bonchev–Trinajstić information content (AvgIpc) is 2.82. The van der Waals surface area contributed by atoms with Crippen molar-refractivity contribution in [3.8, 4) is 0 Å². The van der Waals surface area contributed by atoms with Crippen LogP contribution in [0.4, 0.5) is 5.82 Å². The molecule has 0 bridgehead atoms. The van der Waals surface area contributed by atoms with E-state index in [0.29, 0.717) is 17.0 Å². The van der Waals surface area contributed by atoms with Crippen molar-refractivity contribution in [2.24, 2.45) is 5.92 Å². The molecule has 0 saturated heterocycles. The lowest BCUT2D eigenvalue weighted by Gasteiger charge is -2.18. The highest BCUT2D eigenvalue weighted by Gasteiger charge is 2.14. The van der Waals surface area contributed by atoms with Gasteiger partial charge >= 0.3 is 0 Å². The van der Waals surface area contributed by atoms with Gasteiger partial charge < -0.3 is 5.32 Å². The molecule has 6 heteroatoms. The summed E-state index contributed by atoms with van der Waals surface area (Å²) in [6.45, 7) is 8.63. The quantitative estimate of drug-likeness (QED) is 0.825. The smallest absolute Gasteiger partial charge is 0.255 e. The average molecular weight is 296 g/mol. The first kappa shape index (κ1) is 15.0. The Morgan fingerprint density at radius 1 is 1.30 bits per heavy atom. The number of aromatic nitrogens is 4. The SMILES string of the molecule is Cc1c(Cl)nc2ncnn2c1NC(C)CCCC(C)C. The van der Waals surface area contributed by atoms with Crippen molar-refractivity contribution >= 4 is 23.2 Å². The third-order valence-electron chi connectivity index (χ3n) is 3.41. The number of anilines is 1. The molecule has 2 heterocycles. The second-order valence-corrected chi connectivity index (χ2v) is 6.08. The molecule has 0 amide bonds. The van der Waals surface area contributed by atoms with Gasteiger partial charge in [0.15, 0.2) is 0 Å². The summed E-state index contributed by atoms with van der Waals surface area (Å²) in [6.07, 6.45) is 5.07. The van der Waals surface area contributed by atoms with Crippen molar-refractivity contribution in [1.82, 2.24) is 19.6 Å². The molecule has 0 aliphatic heterocycles. The van der Waals surface area contributed by atoms with Gasteiger partial charge in [-0.2, -0.15) is 19.6 Å². The minimum absolute atomic E-state index is 0.360. The van der Waals surface area contributed by atoms with Crippen LogP contribution in [-0.2, 0) is 0 Å². The Kier molecular flexibility index (Phi) is 4.81. The van der Waals surface area contributed by atoms with Gasteiger partial charge in [-0.3, -0.25) is 0 Å². The maximum Gasteiger partial charge on any atom is 0.255 e. The van der Waals surface area contributed by atoms with Crippen molar-refractivity contribution < 1.29 is 0 Å². The lowest BCUT2D eigenvalue weighted by molar-refractivity contribution is 0.519. The van der Waals surface area contributed by atoms with E-state index in [4.69, 9.17) is 11.6 Å². The van der Waals surface area contributed by atoms with Crippen LogP contribution in [0.1, 0.15) is 45.6 Å². The van der Waals surface area contributed by atoms with Crippen molar-refractivity contribution in [3.05, 3.63) is 17.0 Å². The number of hydrogen-bond donors (Lipinski definition) is 1. The second kappa shape index (κ2) is 6.39. The summed E-state index contributed by atoms with van der Waals surface area (Å²) in [6, 6.07) is 0.360. The number of halogens is 1. The van der Waals surface area contributed by atoms with Crippen molar-refractivity contribution in [2.75, 3.05) is 5.32 Å². The third kappa shape index (κ3) is 3.39. The van der Waals surface area contributed by atoms with Crippen LogP contribution < -0.4 is 5.32 Å². The predicted octanol–water partition coefficient (Wildman–Crippen LogP) is 3.71. The summed E-state index contributed by atoms with van der Waals surface area (Å²) in [5, 5.41) is 8.17. The van der Waals surface area contributed by atoms with E-state index in [2.05, 4.69) is 41.2 Å². The first-order chi connectivity index (χ1) is 9.49. The number of fused-ring (bicyclic) bond motifs is 1. The normalized spacial score (nSPS) is 13.1. The van der Waals surface area contributed by atoms with Crippen molar-refractivity contribution in [1.29, 1.82) is 0 Å². The maximum atomic E-state index is 6.15. The monoisotopic (exact) mass is 295 g/mol. The Bertz CT molecular complexity index is 578. The van der Waals surface area contributed by atoms with E-state index < -0.39 is 0 Å². The highest BCUT2D eigenvalue weighted by molar-refractivity contribution is 6.30. The molecule has 0 saturated carbocycles. The Morgan fingerprint density at radius 3 is 2.75 bits per heavy atom. The summed E-state index contributed by atoms with van der Waals surface area (Å²) < 4.78 is 1.71. The van der Waals surface area contributed by atoms with E-state index in [1.165, 1.54) is 19.2 Å². The zero-order valence-corrected chi connectivity index (χ0v) is 13.3. The molecule has 20 heavy (non-hydrogen) atoms. The highest BCUT2D eigenvalue weighted by atomic mass is 35.5. The lowest BCUT2D eigenvalue weighted by atomic mass is 10.0. The summed E-state index contributed by atoms with van der Waals surface area (Å²) in [7, 11) is 0. The first-order valence-electron chi connectivity index (χ1n) is 7.11. The van der Waals surface area contributed by atoms with Crippen molar-refractivity contribution in [2.45, 2.75) is 53.0 Å². The molecule has 2 aromatic heterocycles. The van der Waals surface area contributed by atoms with Gasteiger partial charge in [-0.1, -0.05) is 38.3 Å². The molecule has 110 valence electrons. The van der Waals surface area contributed by atoms with Crippen LogP contribution >= 0.6 is 11.6 Å². The topological polar surface area (TPSA) is 55.1 Å². The minimum Gasteiger partial charge on any atom is -0.367 e. The van der Waals surface area contributed by atoms with Crippen molar-refractivity contribution in [3.63, 3.8) is 0 Å². The van der Waals surface area contributed by atoms with Gasteiger partial charge in [0.2, 0.25) is 0 Å². The third-order valence-corrected chi connectivity index (χ3v) is 3.77. The van der Waals surface area contributed by atoms with Gasteiger partial charge in [-0.15, -0.1) is 0 Å². The zero-order chi connectivity index (χ0) is 14.7. The Hall–Kier alpha value is -1.36. The molecule has 2 rings (SSSR count). The maximum absolute atomic E-state index is 6.15. The fraction of sp³-hybridized carbons (Fsp3) is 0.643. The van der Waals surface area contributed by atoms with Gasteiger partial charge in [0.05, 0.1) is 0 Å².